The van der Waals surface area contributed by atoms with Crippen molar-refractivity contribution in [2.45, 2.75) is 53.1 Å². The van der Waals surface area contributed by atoms with E-state index in [9.17, 15) is 4.79 Å². The van der Waals surface area contributed by atoms with Crippen molar-refractivity contribution in [3.63, 3.8) is 0 Å². The molecule has 0 saturated heterocycles. The first-order valence-electron chi connectivity index (χ1n) is 8.31. The standard InChI is InChI=1S/C21H27NO2/c1-14-11-15(2)13-18(12-14)22-20(23)16(3)24-19-9-7-17(8-10-19)21(4,5)6/h7-13,16H,1-6H3,(H,22,23)/t16-/m0/s1. The summed E-state index contributed by atoms with van der Waals surface area (Å²) in [5.74, 6) is 0.547. The van der Waals surface area contributed by atoms with Gasteiger partial charge in [-0.1, -0.05) is 39.0 Å². The fraction of sp³-hybridized carbons (Fsp3) is 0.381. The molecule has 1 amide bonds. The minimum Gasteiger partial charge on any atom is -0.481 e. The molecule has 2 aromatic carbocycles. The summed E-state index contributed by atoms with van der Waals surface area (Å²) in [6, 6.07) is 13.9. The Hall–Kier alpha value is -2.29. The number of amides is 1. The Balaban J connectivity index is 2.01. The Labute approximate surface area is 145 Å². The zero-order valence-electron chi connectivity index (χ0n) is 15.4. The van der Waals surface area contributed by atoms with Crippen molar-refractivity contribution in [1.29, 1.82) is 0 Å². The third-order valence-electron chi connectivity index (χ3n) is 3.89. The van der Waals surface area contributed by atoms with Crippen molar-refractivity contribution >= 4 is 11.6 Å². The molecule has 3 heteroatoms. The highest BCUT2D eigenvalue weighted by atomic mass is 16.5. The summed E-state index contributed by atoms with van der Waals surface area (Å²) in [6.07, 6.45) is -0.564. The van der Waals surface area contributed by atoms with Crippen LogP contribution in [-0.4, -0.2) is 12.0 Å². The summed E-state index contributed by atoms with van der Waals surface area (Å²) < 4.78 is 5.76. The van der Waals surface area contributed by atoms with E-state index in [-0.39, 0.29) is 11.3 Å². The first-order valence-corrected chi connectivity index (χ1v) is 8.31. The van der Waals surface area contributed by atoms with E-state index in [4.69, 9.17) is 4.74 Å². The molecule has 1 N–H and O–H groups in total. The van der Waals surface area contributed by atoms with Crippen LogP contribution >= 0.6 is 0 Å². The molecule has 0 radical (unpaired) electrons. The Morgan fingerprint density at radius 3 is 2.04 bits per heavy atom. The third kappa shape index (κ3) is 4.85. The molecule has 3 nitrogen and oxygen atoms in total. The Morgan fingerprint density at radius 1 is 1.00 bits per heavy atom. The van der Waals surface area contributed by atoms with Crippen LogP contribution in [-0.2, 0) is 10.2 Å². The van der Waals surface area contributed by atoms with Gasteiger partial charge >= 0.3 is 0 Å². The molecular formula is C21H27NO2. The molecule has 0 saturated carbocycles. The monoisotopic (exact) mass is 325 g/mol. The van der Waals surface area contributed by atoms with Gasteiger partial charge in [-0.05, 0) is 67.1 Å². The molecule has 0 fully saturated rings. The van der Waals surface area contributed by atoms with Gasteiger partial charge in [0.1, 0.15) is 5.75 Å². The molecule has 0 heterocycles. The van der Waals surface area contributed by atoms with Gasteiger partial charge in [-0.25, -0.2) is 0 Å². The minimum absolute atomic E-state index is 0.102. The molecule has 0 spiro atoms. The number of ether oxygens (including phenoxy) is 1. The lowest BCUT2D eigenvalue weighted by molar-refractivity contribution is -0.122. The van der Waals surface area contributed by atoms with Gasteiger partial charge in [0, 0.05) is 5.69 Å². The third-order valence-corrected chi connectivity index (χ3v) is 3.89. The number of nitrogens with one attached hydrogen (secondary N) is 1. The molecule has 0 aliphatic rings. The first kappa shape index (κ1) is 18.1. The quantitative estimate of drug-likeness (QED) is 0.858. The lowest BCUT2D eigenvalue weighted by Crippen LogP contribution is -2.30. The van der Waals surface area contributed by atoms with E-state index in [1.807, 2.05) is 50.2 Å². The molecule has 128 valence electrons. The Kier molecular flexibility index (Phi) is 5.33. The van der Waals surface area contributed by atoms with Gasteiger partial charge in [0.15, 0.2) is 6.10 Å². The summed E-state index contributed by atoms with van der Waals surface area (Å²) in [4.78, 5) is 12.3. The second kappa shape index (κ2) is 7.08. The van der Waals surface area contributed by atoms with Crippen molar-refractivity contribution in [3.8, 4) is 5.75 Å². The first-order chi connectivity index (χ1) is 11.1. The van der Waals surface area contributed by atoms with E-state index in [0.717, 1.165) is 16.8 Å². The fourth-order valence-corrected chi connectivity index (χ4v) is 2.58. The van der Waals surface area contributed by atoms with Gasteiger partial charge in [-0.2, -0.15) is 0 Å². The van der Waals surface area contributed by atoms with E-state index >= 15 is 0 Å². The van der Waals surface area contributed by atoms with Crippen LogP contribution in [0.4, 0.5) is 5.69 Å². The lowest BCUT2D eigenvalue weighted by atomic mass is 9.87. The summed E-state index contributed by atoms with van der Waals surface area (Å²) in [5.41, 5.74) is 4.39. The maximum absolute atomic E-state index is 12.3. The van der Waals surface area contributed by atoms with Crippen molar-refractivity contribution in [1.82, 2.24) is 0 Å². The van der Waals surface area contributed by atoms with Crippen molar-refractivity contribution < 1.29 is 9.53 Å². The van der Waals surface area contributed by atoms with Gasteiger partial charge in [-0.3, -0.25) is 4.79 Å². The number of carbonyl (C=O) groups is 1. The Morgan fingerprint density at radius 2 is 1.54 bits per heavy atom. The van der Waals surface area contributed by atoms with E-state index < -0.39 is 6.10 Å². The zero-order chi connectivity index (χ0) is 17.9. The van der Waals surface area contributed by atoms with Crippen LogP contribution in [0.2, 0.25) is 0 Å². The normalized spacial score (nSPS) is 12.6. The fourth-order valence-electron chi connectivity index (χ4n) is 2.58. The molecule has 0 aromatic heterocycles. The summed E-state index contributed by atoms with van der Waals surface area (Å²) >= 11 is 0. The van der Waals surface area contributed by atoms with Crippen molar-refractivity contribution in [3.05, 3.63) is 59.2 Å². The topological polar surface area (TPSA) is 38.3 Å². The smallest absolute Gasteiger partial charge is 0.265 e. The largest absolute Gasteiger partial charge is 0.481 e. The van der Waals surface area contributed by atoms with Crippen LogP contribution < -0.4 is 10.1 Å². The summed E-state index contributed by atoms with van der Waals surface area (Å²) in [5, 5.41) is 2.92. The maximum atomic E-state index is 12.3. The van der Waals surface area contributed by atoms with Gasteiger partial charge in [0.2, 0.25) is 0 Å². The van der Waals surface area contributed by atoms with E-state index in [1.54, 1.807) is 6.92 Å². The lowest BCUT2D eigenvalue weighted by Gasteiger charge is -2.20. The van der Waals surface area contributed by atoms with E-state index in [0.29, 0.717) is 5.75 Å². The molecule has 2 aromatic rings. The SMILES string of the molecule is Cc1cc(C)cc(NC(=O)[C@H](C)Oc2ccc(C(C)(C)C)cc2)c1. The minimum atomic E-state index is -0.564. The van der Waals surface area contributed by atoms with Gasteiger partial charge in [-0.15, -0.1) is 0 Å². The number of rotatable bonds is 4. The molecule has 0 aliphatic carbocycles. The van der Waals surface area contributed by atoms with Gasteiger partial charge < -0.3 is 10.1 Å². The number of aryl methyl sites for hydroxylation is 2. The molecular weight excluding hydrogens is 298 g/mol. The van der Waals surface area contributed by atoms with Gasteiger partial charge in [0.05, 0.1) is 0 Å². The van der Waals surface area contributed by atoms with Crippen LogP contribution in [0.15, 0.2) is 42.5 Å². The number of benzene rings is 2. The average molecular weight is 325 g/mol. The molecule has 1 atom stereocenters. The van der Waals surface area contributed by atoms with Gasteiger partial charge in [0.25, 0.3) is 5.91 Å². The number of anilines is 1. The number of hydrogen-bond donors (Lipinski definition) is 1. The molecule has 2 rings (SSSR count). The van der Waals surface area contributed by atoms with E-state index in [2.05, 4.69) is 32.2 Å². The molecule has 24 heavy (non-hydrogen) atoms. The highest BCUT2D eigenvalue weighted by Gasteiger charge is 2.17. The second-order valence-electron chi connectivity index (χ2n) is 7.40. The highest BCUT2D eigenvalue weighted by Crippen LogP contribution is 2.24. The van der Waals surface area contributed by atoms with Crippen LogP contribution in [0.1, 0.15) is 44.4 Å². The van der Waals surface area contributed by atoms with Crippen LogP contribution in [0.3, 0.4) is 0 Å². The summed E-state index contributed by atoms with van der Waals surface area (Å²) in [7, 11) is 0. The number of hydrogen-bond acceptors (Lipinski definition) is 2. The highest BCUT2D eigenvalue weighted by molar-refractivity contribution is 5.94. The molecule has 0 aliphatic heterocycles. The van der Waals surface area contributed by atoms with E-state index in [1.165, 1.54) is 5.56 Å². The predicted molar refractivity (Wildman–Crippen MR) is 99.8 cm³/mol. The average Bonchev–Trinajstić information content (AvgIpc) is 2.45. The van der Waals surface area contributed by atoms with Crippen LogP contribution in [0.25, 0.3) is 0 Å². The maximum Gasteiger partial charge on any atom is 0.265 e. The summed E-state index contributed by atoms with van der Waals surface area (Å²) in [6.45, 7) is 12.3. The number of carbonyl (C=O) groups excluding carboxylic acids is 1. The van der Waals surface area contributed by atoms with Crippen LogP contribution in [0.5, 0.6) is 5.75 Å². The predicted octanol–water partition coefficient (Wildman–Crippen LogP) is 5.01. The zero-order valence-corrected chi connectivity index (χ0v) is 15.4. The van der Waals surface area contributed by atoms with Crippen molar-refractivity contribution in [2.24, 2.45) is 0 Å². The molecule has 0 bridgehead atoms. The second-order valence-corrected chi connectivity index (χ2v) is 7.40. The molecule has 0 unspecified atom stereocenters. The van der Waals surface area contributed by atoms with Crippen molar-refractivity contribution in [2.75, 3.05) is 5.32 Å². The van der Waals surface area contributed by atoms with Crippen LogP contribution in [0, 0.1) is 13.8 Å². The Bertz CT molecular complexity index is 691.